The van der Waals surface area contributed by atoms with Gasteiger partial charge < -0.3 is 9.32 Å². The van der Waals surface area contributed by atoms with Gasteiger partial charge in [0.05, 0.1) is 12.3 Å². The highest BCUT2D eigenvalue weighted by molar-refractivity contribution is 6.30. The zero-order valence-corrected chi connectivity index (χ0v) is 12.3. The highest BCUT2D eigenvalue weighted by atomic mass is 35.5. The van der Waals surface area contributed by atoms with Crippen LogP contribution < -0.4 is 0 Å². The van der Waals surface area contributed by atoms with Gasteiger partial charge in [0.25, 0.3) is 0 Å². The minimum Gasteiger partial charge on any atom is -0.465 e. The summed E-state index contributed by atoms with van der Waals surface area (Å²) in [6.07, 6.45) is 6.89. The third kappa shape index (κ3) is 3.19. The van der Waals surface area contributed by atoms with E-state index in [9.17, 15) is 4.79 Å². The Labute approximate surface area is 128 Å². The van der Waals surface area contributed by atoms with Crippen LogP contribution in [0.1, 0.15) is 30.2 Å². The summed E-state index contributed by atoms with van der Waals surface area (Å²) in [4.78, 5) is 14.3. The van der Waals surface area contributed by atoms with E-state index in [1.807, 2.05) is 35.2 Å². The topological polar surface area (TPSA) is 33.5 Å². The van der Waals surface area contributed by atoms with E-state index in [2.05, 4.69) is 0 Å². The first-order valence-corrected chi connectivity index (χ1v) is 7.39. The average Bonchev–Trinajstić information content (AvgIpc) is 3.17. The molecule has 1 aromatic carbocycles. The predicted molar refractivity (Wildman–Crippen MR) is 82.9 cm³/mol. The van der Waals surface area contributed by atoms with Crippen molar-refractivity contribution in [3.05, 3.63) is 65.1 Å². The molecular formula is C17H16ClNO2. The van der Waals surface area contributed by atoms with Crippen LogP contribution in [0, 0.1) is 0 Å². The van der Waals surface area contributed by atoms with Gasteiger partial charge in [-0.1, -0.05) is 23.7 Å². The van der Waals surface area contributed by atoms with Crippen LogP contribution in [0.15, 0.2) is 53.2 Å². The summed E-state index contributed by atoms with van der Waals surface area (Å²) in [6, 6.07) is 11.5. The van der Waals surface area contributed by atoms with Gasteiger partial charge in [0.15, 0.2) is 0 Å². The summed E-state index contributed by atoms with van der Waals surface area (Å²) < 4.78 is 5.20. The molecule has 1 atom stereocenters. The van der Waals surface area contributed by atoms with Gasteiger partial charge in [-0.3, -0.25) is 4.79 Å². The van der Waals surface area contributed by atoms with Crippen LogP contribution in [0.4, 0.5) is 0 Å². The van der Waals surface area contributed by atoms with Crippen molar-refractivity contribution >= 4 is 23.6 Å². The Balaban J connectivity index is 1.74. The molecule has 0 spiro atoms. The van der Waals surface area contributed by atoms with Crippen LogP contribution in [0.2, 0.25) is 5.02 Å². The molecule has 1 aromatic heterocycles. The molecule has 1 fully saturated rings. The molecule has 0 saturated carbocycles. The Morgan fingerprint density at radius 3 is 2.81 bits per heavy atom. The molecule has 0 bridgehead atoms. The quantitative estimate of drug-likeness (QED) is 0.792. The summed E-state index contributed by atoms with van der Waals surface area (Å²) >= 11 is 5.92. The summed E-state index contributed by atoms with van der Waals surface area (Å²) in [7, 11) is 0. The minimum absolute atomic E-state index is 0.0175. The fourth-order valence-corrected chi connectivity index (χ4v) is 2.82. The van der Waals surface area contributed by atoms with E-state index in [0.29, 0.717) is 10.8 Å². The smallest absolute Gasteiger partial charge is 0.247 e. The Hall–Kier alpha value is -2.00. The maximum atomic E-state index is 12.4. The summed E-state index contributed by atoms with van der Waals surface area (Å²) in [5, 5.41) is 0.715. The second-order valence-corrected chi connectivity index (χ2v) is 5.53. The van der Waals surface area contributed by atoms with E-state index in [0.717, 1.165) is 24.9 Å². The van der Waals surface area contributed by atoms with E-state index in [1.54, 1.807) is 24.5 Å². The van der Waals surface area contributed by atoms with Crippen LogP contribution >= 0.6 is 11.6 Å². The van der Waals surface area contributed by atoms with Gasteiger partial charge in [0.2, 0.25) is 5.91 Å². The molecule has 2 aromatic rings. The van der Waals surface area contributed by atoms with Crippen molar-refractivity contribution in [2.75, 3.05) is 6.54 Å². The average molecular weight is 302 g/mol. The lowest BCUT2D eigenvalue weighted by Gasteiger charge is -2.23. The van der Waals surface area contributed by atoms with Crippen molar-refractivity contribution in [3.63, 3.8) is 0 Å². The SMILES string of the molecule is O=C(/C=C/c1ccco1)N1CCCC1c1ccc(Cl)cc1. The minimum atomic E-state index is 0.0175. The monoisotopic (exact) mass is 301 g/mol. The molecule has 0 aliphatic carbocycles. The number of hydrogen-bond donors (Lipinski definition) is 0. The molecule has 2 heterocycles. The van der Waals surface area contributed by atoms with Crippen LogP contribution in [0.5, 0.6) is 0 Å². The van der Waals surface area contributed by atoms with Gasteiger partial charge in [-0.2, -0.15) is 0 Å². The fourth-order valence-electron chi connectivity index (χ4n) is 2.70. The number of carbonyl (C=O) groups excluding carboxylic acids is 1. The van der Waals surface area contributed by atoms with Crippen molar-refractivity contribution in [3.8, 4) is 0 Å². The molecule has 0 N–H and O–H groups in total. The number of carbonyl (C=O) groups is 1. The largest absolute Gasteiger partial charge is 0.465 e. The van der Waals surface area contributed by atoms with E-state index in [4.69, 9.17) is 16.0 Å². The van der Waals surface area contributed by atoms with E-state index >= 15 is 0 Å². The molecule has 0 radical (unpaired) electrons. The normalized spacial score (nSPS) is 18.5. The van der Waals surface area contributed by atoms with Crippen molar-refractivity contribution in [2.45, 2.75) is 18.9 Å². The second-order valence-electron chi connectivity index (χ2n) is 5.09. The molecule has 1 aliphatic heterocycles. The van der Waals surface area contributed by atoms with Crippen molar-refractivity contribution in [2.24, 2.45) is 0 Å². The van der Waals surface area contributed by atoms with Gasteiger partial charge in [-0.05, 0) is 48.7 Å². The molecule has 21 heavy (non-hydrogen) atoms. The van der Waals surface area contributed by atoms with Crippen molar-refractivity contribution in [1.29, 1.82) is 0 Å². The number of nitrogens with zero attached hydrogens (tertiary/aromatic N) is 1. The molecule has 108 valence electrons. The van der Waals surface area contributed by atoms with Crippen molar-refractivity contribution < 1.29 is 9.21 Å². The Bertz CT molecular complexity index is 631. The second kappa shape index (κ2) is 6.19. The number of benzene rings is 1. The number of halogens is 1. The van der Waals surface area contributed by atoms with E-state index in [-0.39, 0.29) is 11.9 Å². The highest BCUT2D eigenvalue weighted by Crippen LogP contribution is 2.32. The van der Waals surface area contributed by atoms with Crippen LogP contribution in [-0.4, -0.2) is 17.4 Å². The molecule has 1 unspecified atom stereocenters. The Morgan fingerprint density at radius 1 is 1.29 bits per heavy atom. The summed E-state index contributed by atoms with van der Waals surface area (Å²) in [5.41, 5.74) is 1.14. The molecule has 1 amide bonds. The molecular weight excluding hydrogens is 286 g/mol. The number of furan rings is 1. The molecule has 4 heteroatoms. The summed E-state index contributed by atoms with van der Waals surface area (Å²) in [6.45, 7) is 0.786. The van der Waals surface area contributed by atoms with Gasteiger partial charge in [-0.15, -0.1) is 0 Å². The number of hydrogen-bond acceptors (Lipinski definition) is 2. The molecule has 3 nitrogen and oxygen atoms in total. The number of rotatable bonds is 3. The first-order valence-electron chi connectivity index (χ1n) is 7.02. The first kappa shape index (κ1) is 14.0. The standard InChI is InChI=1S/C17H16ClNO2/c18-14-7-5-13(6-8-14)16-4-1-11-19(16)17(20)10-9-15-3-2-12-21-15/h2-3,5-10,12,16H,1,4,11H2/b10-9+. The lowest BCUT2D eigenvalue weighted by Crippen LogP contribution is -2.28. The van der Waals surface area contributed by atoms with Crippen LogP contribution in [-0.2, 0) is 4.79 Å². The zero-order valence-electron chi connectivity index (χ0n) is 11.5. The molecule has 1 aliphatic rings. The van der Waals surface area contributed by atoms with Gasteiger partial charge in [0.1, 0.15) is 5.76 Å². The maximum absolute atomic E-state index is 12.4. The maximum Gasteiger partial charge on any atom is 0.247 e. The fraction of sp³-hybridized carbons (Fsp3) is 0.235. The third-order valence-corrected chi connectivity index (χ3v) is 3.98. The molecule has 1 saturated heterocycles. The third-order valence-electron chi connectivity index (χ3n) is 3.72. The highest BCUT2D eigenvalue weighted by Gasteiger charge is 2.28. The number of likely N-dealkylation sites (tertiary alicyclic amines) is 1. The number of amides is 1. The first-order chi connectivity index (χ1) is 10.2. The lowest BCUT2D eigenvalue weighted by atomic mass is 10.0. The Kier molecular flexibility index (Phi) is 4.11. The van der Waals surface area contributed by atoms with Crippen LogP contribution in [0.3, 0.4) is 0 Å². The zero-order chi connectivity index (χ0) is 14.7. The molecule has 3 rings (SSSR count). The van der Waals surface area contributed by atoms with Crippen molar-refractivity contribution in [1.82, 2.24) is 4.90 Å². The lowest BCUT2D eigenvalue weighted by molar-refractivity contribution is -0.126. The van der Waals surface area contributed by atoms with Gasteiger partial charge in [0, 0.05) is 17.6 Å². The van der Waals surface area contributed by atoms with Crippen LogP contribution in [0.25, 0.3) is 6.08 Å². The van der Waals surface area contributed by atoms with Gasteiger partial charge in [-0.25, -0.2) is 0 Å². The summed E-state index contributed by atoms with van der Waals surface area (Å²) in [5.74, 6) is 0.703. The predicted octanol–water partition coefficient (Wildman–Crippen LogP) is 4.31. The van der Waals surface area contributed by atoms with E-state index < -0.39 is 0 Å². The van der Waals surface area contributed by atoms with E-state index in [1.165, 1.54) is 0 Å². The Morgan fingerprint density at radius 2 is 2.10 bits per heavy atom. The van der Waals surface area contributed by atoms with Gasteiger partial charge >= 0.3 is 0 Å².